The molecule has 0 aromatic rings. The molecule has 0 aromatic carbocycles. The summed E-state index contributed by atoms with van der Waals surface area (Å²) in [5.41, 5.74) is 0. The predicted octanol–water partition coefficient (Wildman–Crippen LogP) is 13.6. The molecule has 0 fully saturated rings. The molecule has 3 atom stereocenters. The molecule has 5 heteroatoms. The minimum Gasteiger partial charge on any atom is -0.394 e. The van der Waals surface area contributed by atoms with Gasteiger partial charge in [0, 0.05) is 0 Å². The second kappa shape index (κ2) is 42.8. The summed E-state index contributed by atoms with van der Waals surface area (Å²) < 4.78 is 0. The lowest BCUT2D eigenvalue weighted by molar-refractivity contribution is -0.125. The minimum atomic E-state index is -0.748. The van der Waals surface area contributed by atoms with Crippen LogP contribution in [-0.2, 0) is 4.79 Å². The van der Waals surface area contributed by atoms with E-state index in [4.69, 9.17) is 0 Å². The molecule has 0 aliphatic heterocycles. The summed E-state index contributed by atoms with van der Waals surface area (Å²) in [4.78, 5) is 12.5. The quantitative estimate of drug-likeness (QED) is 0.0371. The first-order chi connectivity index (χ1) is 25.5. The van der Waals surface area contributed by atoms with E-state index in [2.05, 4.69) is 31.3 Å². The van der Waals surface area contributed by atoms with Crippen molar-refractivity contribution < 1.29 is 20.1 Å². The molecule has 0 aliphatic carbocycles. The highest BCUT2D eigenvalue weighted by Gasteiger charge is 2.21. The van der Waals surface area contributed by atoms with Crippen LogP contribution in [0.3, 0.4) is 0 Å². The third-order valence-corrected chi connectivity index (χ3v) is 11.1. The number of rotatable bonds is 43. The lowest BCUT2D eigenvalue weighted by atomic mass is 10.0. The standard InChI is InChI=1S/C47H93NO4/c1-3-5-7-9-11-13-15-17-19-21-23-25-27-29-31-33-35-37-39-41-46(51)45(43-49)48-47(52)42-44(50)40-38-36-34-32-30-28-26-24-22-20-18-16-14-12-10-8-6-4-2/h24,26,44-46,49-51H,3-23,25,27-43H2,1-2H3,(H,48,52)/b26-24-. The Hall–Kier alpha value is -0.910. The van der Waals surface area contributed by atoms with Crippen LogP contribution in [0.5, 0.6) is 0 Å². The van der Waals surface area contributed by atoms with E-state index < -0.39 is 18.2 Å². The smallest absolute Gasteiger partial charge is 0.222 e. The highest BCUT2D eigenvalue weighted by Crippen LogP contribution is 2.17. The molecule has 5 nitrogen and oxygen atoms in total. The van der Waals surface area contributed by atoms with E-state index in [0.717, 1.165) is 32.1 Å². The Balaban J connectivity index is 3.59. The van der Waals surface area contributed by atoms with Crippen LogP contribution in [-0.4, -0.2) is 46.1 Å². The van der Waals surface area contributed by atoms with Crippen LogP contribution in [0, 0.1) is 0 Å². The van der Waals surface area contributed by atoms with Crippen molar-refractivity contribution >= 4 is 5.91 Å². The molecule has 0 saturated heterocycles. The Kier molecular flexibility index (Phi) is 42.1. The molecule has 4 N–H and O–H groups in total. The minimum absolute atomic E-state index is 0.0340. The molecule has 0 aromatic heterocycles. The van der Waals surface area contributed by atoms with Gasteiger partial charge in [0.25, 0.3) is 0 Å². The third-order valence-electron chi connectivity index (χ3n) is 11.1. The van der Waals surface area contributed by atoms with Crippen LogP contribution in [0.4, 0.5) is 0 Å². The van der Waals surface area contributed by atoms with Gasteiger partial charge in [0.1, 0.15) is 0 Å². The van der Waals surface area contributed by atoms with E-state index in [-0.39, 0.29) is 18.9 Å². The first kappa shape index (κ1) is 51.1. The number of hydrogen-bond acceptors (Lipinski definition) is 4. The largest absolute Gasteiger partial charge is 0.394 e. The molecule has 0 rings (SSSR count). The first-order valence-corrected chi connectivity index (χ1v) is 23.5. The van der Waals surface area contributed by atoms with Crippen LogP contribution in [0.15, 0.2) is 12.2 Å². The number of carbonyl (C=O) groups excluding carboxylic acids is 1. The summed E-state index contributed by atoms with van der Waals surface area (Å²) in [5.74, 6) is -0.284. The van der Waals surface area contributed by atoms with Gasteiger partial charge in [0.15, 0.2) is 0 Å². The maximum Gasteiger partial charge on any atom is 0.222 e. The number of aliphatic hydroxyl groups excluding tert-OH is 3. The Morgan fingerprint density at radius 1 is 0.462 bits per heavy atom. The number of hydrogen-bond donors (Lipinski definition) is 4. The monoisotopic (exact) mass is 736 g/mol. The van der Waals surface area contributed by atoms with Crippen LogP contribution in [0.1, 0.15) is 258 Å². The topological polar surface area (TPSA) is 89.8 Å². The number of unbranched alkanes of at least 4 members (excludes halogenated alkanes) is 32. The summed E-state index contributed by atoms with van der Waals surface area (Å²) in [5, 5.41) is 33.5. The molecule has 1 amide bonds. The van der Waals surface area contributed by atoms with E-state index in [9.17, 15) is 20.1 Å². The van der Waals surface area contributed by atoms with Gasteiger partial charge in [0.2, 0.25) is 5.91 Å². The molecule has 52 heavy (non-hydrogen) atoms. The summed E-state index contributed by atoms with van der Waals surface area (Å²) in [7, 11) is 0. The van der Waals surface area contributed by atoms with Gasteiger partial charge in [-0.15, -0.1) is 0 Å². The van der Waals surface area contributed by atoms with Crippen LogP contribution < -0.4 is 5.32 Å². The number of nitrogens with one attached hydrogen (secondary N) is 1. The zero-order chi connectivity index (χ0) is 38.0. The highest BCUT2D eigenvalue weighted by atomic mass is 16.3. The molecule has 0 radical (unpaired) electrons. The summed E-state index contributed by atoms with van der Waals surface area (Å²) in [6, 6.07) is -0.658. The zero-order valence-electron chi connectivity index (χ0n) is 35.2. The Morgan fingerprint density at radius 3 is 1.12 bits per heavy atom. The summed E-state index contributed by atoms with van der Waals surface area (Å²) >= 11 is 0. The van der Waals surface area contributed by atoms with E-state index in [0.29, 0.717) is 12.8 Å². The lowest BCUT2D eigenvalue weighted by Gasteiger charge is -2.23. The van der Waals surface area contributed by atoms with Gasteiger partial charge in [-0.1, -0.05) is 225 Å². The average Bonchev–Trinajstić information content (AvgIpc) is 3.14. The maximum atomic E-state index is 12.5. The predicted molar refractivity (Wildman–Crippen MR) is 227 cm³/mol. The zero-order valence-corrected chi connectivity index (χ0v) is 35.2. The van der Waals surface area contributed by atoms with Crippen LogP contribution in [0.2, 0.25) is 0 Å². The summed E-state index contributed by atoms with van der Waals surface area (Å²) in [6.07, 6.45) is 50.4. The van der Waals surface area contributed by atoms with E-state index >= 15 is 0 Å². The van der Waals surface area contributed by atoms with Crippen molar-refractivity contribution in [3.63, 3.8) is 0 Å². The van der Waals surface area contributed by atoms with Crippen molar-refractivity contribution in [2.24, 2.45) is 0 Å². The van der Waals surface area contributed by atoms with Gasteiger partial charge in [-0.2, -0.15) is 0 Å². The van der Waals surface area contributed by atoms with Crippen molar-refractivity contribution in [3.8, 4) is 0 Å². The molecule has 0 bridgehead atoms. The van der Waals surface area contributed by atoms with Gasteiger partial charge in [-0.3, -0.25) is 4.79 Å². The Labute approximate surface area is 325 Å². The Morgan fingerprint density at radius 2 is 0.769 bits per heavy atom. The first-order valence-electron chi connectivity index (χ1n) is 23.5. The van der Waals surface area contributed by atoms with E-state index in [1.54, 1.807) is 0 Å². The Bertz CT molecular complexity index is 728. The normalized spacial score (nSPS) is 13.6. The maximum absolute atomic E-state index is 12.5. The van der Waals surface area contributed by atoms with Gasteiger partial charge >= 0.3 is 0 Å². The molecular weight excluding hydrogens is 643 g/mol. The SMILES string of the molecule is CCCCCCCCCCC/C=C\CCCCCCCC(O)CC(=O)NC(CO)C(O)CCCCCCCCCCCCCCCCCCCCC. The van der Waals surface area contributed by atoms with Gasteiger partial charge in [-0.05, 0) is 38.5 Å². The fourth-order valence-electron chi connectivity index (χ4n) is 7.46. The highest BCUT2D eigenvalue weighted by molar-refractivity contribution is 5.76. The van der Waals surface area contributed by atoms with Crippen LogP contribution in [0.25, 0.3) is 0 Å². The number of amides is 1. The van der Waals surface area contributed by atoms with Crippen molar-refractivity contribution in [2.45, 2.75) is 276 Å². The van der Waals surface area contributed by atoms with Crippen molar-refractivity contribution in [2.75, 3.05) is 6.61 Å². The number of aliphatic hydroxyl groups is 3. The molecule has 0 heterocycles. The molecular formula is C47H93NO4. The average molecular weight is 736 g/mol. The van der Waals surface area contributed by atoms with Gasteiger partial charge < -0.3 is 20.6 Å². The van der Waals surface area contributed by atoms with E-state index in [1.165, 1.54) is 193 Å². The van der Waals surface area contributed by atoms with Gasteiger partial charge in [-0.25, -0.2) is 0 Å². The molecule has 3 unspecified atom stereocenters. The van der Waals surface area contributed by atoms with Crippen LogP contribution >= 0.6 is 0 Å². The number of carbonyl (C=O) groups is 1. The molecule has 310 valence electrons. The molecule has 0 saturated carbocycles. The molecule has 0 spiro atoms. The fourth-order valence-corrected chi connectivity index (χ4v) is 7.46. The van der Waals surface area contributed by atoms with E-state index in [1.807, 2.05) is 0 Å². The summed E-state index contributed by atoms with van der Waals surface area (Å²) in [6.45, 7) is 4.28. The molecule has 0 aliphatic rings. The third kappa shape index (κ3) is 38.8. The second-order valence-corrected chi connectivity index (χ2v) is 16.4. The fraction of sp³-hybridized carbons (Fsp3) is 0.936. The van der Waals surface area contributed by atoms with Gasteiger partial charge in [0.05, 0.1) is 31.3 Å². The second-order valence-electron chi connectivity index (χ2n) is 16.4. The number of allylic oxidation sites excluding steroid dienone is 2. The van der Waals surface area contributed by atoms with Crippen molar-refractivity contribution in [3.05, 3.63) is 12.2 Å². The van der Waals surface area contributed by atoms with Crippen molar-refractivity contribution in [1.82, 2.24) is 5.32 Å². The van der Waals surface area contributed by atoms with Crippen molar-refractivity contribution in [1.29, 1.82) is 0 Å². The lowest BCUT2D eigenvalue weighted by Crippen LogP contribution is -2.46.